The molecule has 0 aromatic heterocycles. The van der Waals surface area contributed by atoms with E-state index in [9.17, 15) is 0 Å². The molecular weight excluding hydrogens is 461 g/mol. The third-order valence-corrected chi connectivity index (χ3v) is 13.0. The van der Waals surface area contributed by atoms with Crippen molar-refractivity contribution in [2.24, 2.45) is 11.8 Å². The fourth-order valence-corrected chi connectivity index (χ4v) is 12.7. The minimum absolute atomic E-state index is 0. The van der Waals surface area contributed by atoms with E-state index in [2.05, 4.69) is 31.1 Å². The zero-order valence-corrected chi connectivity index (χ0v) is 21.9. The van der Waals surface area contributed by atoms with Gasteiger partial charge in [0.1, 0.15) is 0 Å². The van der Waals surface area contributed by atoms with Crippen LogP contribution in [0, 0.1) is 11.8 Å². The normalized spacial score (nSPS) is 33.9. The van der Waals surface area contributed by atoms with E-state index in [0.717, 1.165) is 23.4 Å². The maximum atomic E-state index is 6.73. The van der Waals surface area contributed by atoms with E-state index in [1.165, 1.54) is 69.8 Å². The smallest absolute Gasteiger partial charge is 0.307 e. The molecule has 0 heterocycles. The third-order valence-electron chi connectivity index (χ3n) is 8.61. The van der Waals surface area contributed by atoms with Gasteiger partial charge in [-0.1, -0.05) is 0 Å². The Kier molecular flexibility index (Phi) is 7.47. The monoisotopic (exact) mass is 497 g/mol. The Morgan fingerprint density at radius 1 is 1.00 bits per heavy atom. The van der Waals surface area contributed by atoms with Gasteiger partial charge < -0.3 is 4.90 Å². The summed E-state index contributed by atoms with van der Waals surface area (Å²) in [7, 11) is 4.29. The van der Waals surface area contributed by atoms with Gasteiger partial charge in [0.25, 0.3) is 0 Å². The van der Waals surface area contributed by atoms with Gasteiger partial charge in [0.05, 0.1) is 0 Å². The minimum Gasteiger partial charge on any atom is -0.307 e. The van der Waals surface area contributed by atoms with Crippen LogP contribution in [0.4, 0.5) is 0 Å². The molecule has 0 radical (unpaired) electrons. The average Bonchev–Trinajstić information content (AvgIpc) is 3.57. The second-order valence-electron chi connectivity index (χ2n) is 10.8. The van der Waals surface area contributed by atoms with Crippen molar-refractivity contribution in [3.05, 3.63) is 53.1 Å². The predicted octanol–water partition coefficient (Wildman–Crippen LogP) is 7.30. The van der Waals surface area contributed by atoms with Gasteiger partial charge in [-0.25, -0.2) is 12.1 Å². The quantitative estimate of drug-likeness (QED) is 0.238. The molecule has 0 atom stereocenters. The Morgan fingerprint density at radius 2 is 1.52 bits per heavy atom. The fraction of sp³-hybridized carbons (Fsp3) is 0.630. The second kappa shape index (κ2) is 9.64. The molecule has 2 aromatic carbocycles. The Hall–Kier alpha value is -0.101. The van der Waals surface area contributed by atoms with Gasteiger partial charge in [-0.05, 0) is 100 Å². The number of hydrogen-bond acceptors (Lipinski definition) is 1. The van der Waals surface area contributed by atoms with Gasteiger partial charge >= 0.3 is 17.1 Å². The first-order chi connectivity index (χ1) is 14.5. The van der Waals surface area contributed by atoms with Gasteiger partial charge in [-0.3, -0.25) is 0 Å². The first-order valence-corrected chi connectivity index (χ1v) is 13.8. The molecule has 0 N–H and O–H groups in total. The molecule has 4 heteroatoms. The largest absolute Gasteiger partial charge is 2.00 e. The third kappa shape index (κ3) is 4.50. The molecule has 1 nitrogen and oxygen atoms in total. The van der Waals surface area contributed by atoms with Gasteiger partial charge in [-0.15, -0.1) is 23.8 Å². The molecule has 31 heavy (non-hydrogen) atoms. The molecule has 170 valence electrons. The van der Waals surface area contributed by atoms with Crippen LogP contribution in [0.3, 0.4) is 0 Å². The molecule has 2 aromatic rings. The number of halogens is 1. The number of nitrogens with zero attached hydrogens (tertiary/aromatic N) is 1. The van der Waals surface area contributed by atoms with Gasteiger partial charge in [0, 0.05) is 6.54 Å². The van der Waals surface area contributed by atoms with Gasteiger partial charge in [0.15, 0.2) is 0 Å². The molecule has 4 fully saturated rings. The average molecular weight is 498 g/mol. The SMILES string of the molecule is CN(C)Cc1c(Cl)cc[c-]1P(C12CCC(CC1)C2)C12CCC(CC1)C2.[Fe+2].c1cc[cH-]c1. The van der Waals surface area contributed by atoms with Crippen LogP contribution in [0.2, 0.25) is 5.02 Å². The van der Waals surface area contributed by atoms with E-state index < -0.39 is 0 Å². The number of hydrogen-bond donors (Lipinski definition) is 0. The van der Waals surface area contributed by atoms with E-state index in [4.69, 9.17) is 11.6 Å². The van der Waals surface area contributed by atoms with Crippen molar-refractivity contribution >= 4 is 24.8 Å². The Balaban J connectivity index is 0.000000342. The molecule has 0 spiro atoms. The Morgan fingerprint density at radius 3 is 1.87 bits per heavy atom. The maximum Gasteiger partial charge on any atom is 2.00 e. The fourth-order valence-electron chi connectivity index (χ4n) is 7.44. The van der Waals surface area contributed by atoms with Crippen molar-refractivity contribution in [2.75, 3.05) is 14.1 Å². The minimum atomic E-state index is -0.0851. The zero-order valence-electron chi connectivity index (χ0n) is 19.1. The van der Waals surface area contributed by atoms with E-state index in [1.54, 1.807) is 5.30 Å². The van der Waals surface area contributed by atoms with Crippen LogP contribution >= 0.6 is 19.5 Å². The molecule has 4 aliphatic carbocycles. The standard InChI is InChI=1S/C22H32ClNP.C5H5.Fe/c1-24(2)15-18-19(23)3-4-20(18)25(21-9-5-16(13-21)6-10-21)22-11-7-17(14-22)8-12-22;1-2-4-5-3-1;/h3-4,16-17H,5-15H2,1-2H3;1-5H;/q2*-1;+2. The van der Waals surface area contributed by atoms with E-state index >= 15 is 0 Å². The van der Waals surface area contributed by atoms with Crippen molar-refractivity contribution in [3.8, 4) is 0 Å². The van der Waals surface area contributed by atoms with Gasteiger partial charge in [0.2, 0.25) is 0 Å². The van der Waals surface area contributed by atoms with Crippen LogP contribution in [0.25, 0.3) is 0 Å². The van der Waals surface area contributed by atoms with Crippen LogP contribution in [0.5, 0.6) is 0 Å². The molecule has 4 bridgehead atoms. The predicted molar refractivity (Wildman–Crippen MR) is 132 cm³/mol. The zero-order chi connectivity index (χ0) is 20.8. The van der Waals surface area contributed by atoms with Crippen LogP contribution < -0.4 is 5.30 Å². The number of fused-ring (bicyclic) bond motifs is 4. The molecule has 0 amide bonds. The first-order valence-electron chi connectivity index (χ1n) is 12.1. The molecule has 4 aliphatic rings. The summed E-state index contributed by atoms with van der Waals surface area (Å²) in [5.41, 5.74) is 1.48. The molecule has 0 aliphatic heterocycles. The summed E-state index contributed by atoms with van der Waals surface area (Å²) in [4.78, 5) is 2.31. The molecular formula is C27H37ClFeNP. The van der Waals surface area contributed by atoms with Crippen LogP contribution in [-0.4, -0.2) is 29.3 Å². The summed E-state index contributed by atoms with van der Waals surface area (Å²) >= 11 is 6.73. The number of rotatable bonds is 5. The second-order valence-corrected chi connectivity index (χ2v) is 14.3. The van der Waals surface area contributed by atoms with Crippen LogP contribution in [0.15, 0.2) is 42.5 Å². The van der Waals surface area contributed by atoms with Crippen molar-refractivity contribution in [3.63, 3.8) is 0 Å². The summed E-state index contributed by atoms with van der Waals surface area (Å²) in [5.74, 6) is 2.09. The Bertz CT molecular complexity index is 778. The van der Waals surface area contributed by atoms with E-state index in [-0.39, 0.29) is 25.0 Å². The first kappa shape index (κ1) is 24.0. The maximum absolute atomic E-state index is 6.73. The Labute approximate surface area is 206 Å². The molecule has 0 unspecified atom stereocenters. The summed E-state index contributed by atoms with van der Waals surface area (Å²) < 4.78 is 0. The topological polar surface area (TPSA) is 3.24 Å². The summed E-state index contributed by atoms with van der Waals surface area (Å²) in [6.07, 6.45) is 15.2. The van der Waals surface area contributed by atoms with Crippen molar-refractivity contribution < 1.29 is 17.1 Å². The van der Waals surface area contributed by atoms with E-state index in [1.807, 2.05) is 30.3 Å². The molecule has 4 saturated carbocycles. The molecule has 6 rings (SSSR count). The van der Waals surface area contributed by atoms with E-state index in [0.29, 0.717) is 10.3 Å². The summed E-state index contributed by atoms with van der Waals surface area (Å²) in [5, 5.41) is 4.08. The van der Waals surface area contributed by atoms with Crippen molar-refractivity contribution in [1.82, 2.24) is 4.90 Å². The van der Waals surface area contributed by atoms with Crippen LogP contribution in [0.1, 0.15) is 69.8 Å². The molecule has 0 saturated heterocycles. The van der Waals surface area contributed by atoms with Crippen molar-refractivity contribution in [1.29, 1.82) is 0 Å². The van der Waals surface area contributed by atoms with Crippen molar-refractivity contribution in [2.45, 2.75) is 81.1 Å². The van der Waals surface area contributed by atoms with Gasteiger partial charge in [-0.2, -0.15) is 41.9 Å². The van der Waals surface area contributed by atoms with Crippen LogP contribution in [-0.2, 0) is 23.6 Å². The summed E-state index contributed by atoms with van der Waals surface area (Å²) in [6.45, 7) is 1.01. The summed E-state index contributed by atoms with van der Waals surface area (Å²) in [6, 6.07) is 14.7.